The molecule has 0 saturated carbocycles. The molecule has 1 aromatic heterocycles. The molecule has 0 fully saturated rings. The molecule has 0 aliphatic carbocycles. The van der Waals surface area contributed by atoms with E-state index in [2.05, 4.69) is 10.4 Å². The predicted octanol–water partition coefficient (Wildman–Crippen LogP) is 2.68. The van der Waals surface area contributed by atoms with Crippen molar-refractivity contribution in [1.29, 1.82) is 0 Å². The summed E-state index contributed by atoms with van der Waals surface area (Å²) >= 11 is 5.61. The third-order valence-electron chi connectivity index (χ3n) is 2.77. The first-order valence-corrected chi connectivity index (χ1v) is 6.13. The number of amides is 1. The lowest BCUT2D eigenvalue weighted by Crippen LogP contribution is -2.17. The molecule has 0 saturated heterocycles. The normalized spacial score (nSPS) is 10.5. The lowest BCUT2D eigenvalue weighted by Gasteiger charge is -2.06. The summed E-state index contributed by atoms with van der Waals surface area (Å²) in [6.45, 7) is 1.43. The minimum atomic E-state index is -0.729. The lowest BCUT2D eigenvalue weighted by molar-refractivity contribution is -0.385. The first kappa shape index (κ1) is 14.9. The molecule has 2 aromatic rings. The quantitative estimate of drug-likeness (QED) is 0.697. The molecule has 110 valence electrons. The fourth-order valence-corrected chi connectivity index (χ4v) is 2.06. The van der Waals surface area contributed by atoms with Crippen molar-refractivity contribution in [2.75, 3.05) is 5.32 Å². The summed E-state index contributed by atoms with van der Waals surface area (Å²) in [6, 6.07) is 3.60. The fraction of sp³-hybridized carbons (Fsp3) is 0.167. The number of hydrogen-bond acceptors (Lipinski definition) is 4. The van der Waals surface area contributed by atoms with Gasteiger partial charge in [0.1, 0.15) is 11.5 Å². The Bertz CT molecular complexity index is 744. The van der Waals surface area contributed by atoms with E-state index >= 15 is 0 Å². The summed E-state index contributed by atoms with van der Waals surface area (Å²) in [7, 11) is 1.42. The molecule has 1 N–H and O–H groups in total. The van der Waals surface area contributed by atoms with E-state index in [0.29, 0.717) is 0 Å². The number of aromatic nitrogens is 2. The first-order valence-electron chi connectivity index (χ1n) is 5.75. The number of halogens is 2. The van der Waals surface area contributed by atoms with Gasteiger partial charge in [-0.05, 0) is 25.1 Å². The molecule has 21 heavy (non-hydrogen) atoms. The Kier molecular flexibility index (Phi) is 3.90. The van der Waals surface area contributed by atoms with Gasteiger partial charge in [-0.25, -0.2) is 4.39 Å². The van der Waals surface area contributed by atoms with Crippen LogP contribution in [0.3, 0.4) is 0 Å². The van der Waals surface area contributed by atoms with Crippen LogP contribution in [0.1, 0.15) is 16.2 Å². The van der Waals surface area contributed by atoms with Crippen LogP contribution in [0.2, 0.25) is 5.02 Å². The van der Waals surface area contributed by atoms with Gasteiger partial charge in [0, 0.05) is 12.7 Å². The number of rotatable bonds is 3. The van der Waals surface area contributed by atoms with Crippen LogP contribution < -0.4 is 5.32 Å². The summed E-state index contributed by atoms with van der Waals surface area (Å²) in [4.78, 5) is 22.5. The maximum absolute atomic E-state index is 13.0. The Morgan fingerprint density at radius 1 is 1.52 bits per heavy atom. The second-order valence-corrected chi connectivity index (χ2v) is 4.65. The first-order chi connectivity index (χ1) is 9.81. The van der Waals surface area contributed by atoms with Gasteiger partial charge < -0.3 is 5.32 Å². The SMILES string of the molecule is Cc1nn(C)c(C(=O)Nc2ccc(F)c(Cl)c2)c1[N+](=O)[O-]. The molecule has 0 aliphatic rings. The fourth-order valence-electron chi connectivity index (χ4n) is 1.88. The maximum Gasteiger partial charge on any atom is 0.322 e. The zero-order valence-corrected chi connectivity index (χ0v) is 11.8. The Hall–Kier alpha value is -2.48. The highest BCUT2D eigenvalue weighted by Crippen LogP contribution is 2.24. The zero-order valence-electron chi connectivity index (χ0n) is 11.1. The molecule has 1 amide bonds. The average molecular weight is 313 g/mol. The summed E-state index contributed by atoms with van der Waals surface area (Å²) in [6.07, 6.45) is 0. The lowest BCUT2D eigenvalue weighted by atomic mass is 10.2. The second-order valence-electron chi connectivity index (χ2n) is 4.25. The Labute approximate surface area is 123 Å². The number of aryl methyl sites for hydroxylation is 2. The maximum atomic E-state index is 13.0. The number of hydrogen-bond donors (Lipinski definition) is 1. The summed E-state index contributed by atoms with van der Waals surface area (Å²) in [5.41, 5.74) is -0.217. The predicted molar refractivity (Wildman–Crippen MR) is 74.0 cm³/mol. The van der Waals surface area contributed by atoms with Crippen LogP contribution in [0, 0.1) is 22.9 Å². The van der Waals surface area contributed by atoms with Crippen LogP contribution in [-0.2, 0) is 7.05 Å². The molecule has 1 aromatic carbocycles. The van der Waals surface area contributed by atoms with Crippen molar-refractivity contribution in [2.24, 2.45) is 7.05 Å². The van der Waals surface area contributed by atoms with Gasteiger partial charge in [-0.3, -0.25) is 19.6 Å². The largest absolute Gasteiger partial charge is 0.322 e. The number of anilines is 1. The van der Waals surface area contributed by atoms with E-state index in [9.17, 15) is 19.3 Å². The van der Waals surface area contributed by atoms with Crippen molar-refractivity contribution in [2.45, 2.75) is 6.92 Å². The molecule has 0 spiro atoms. The number of carbonyl (C=O) groups is 1. The zero-order chi connectivity index (χ0) is 15.7. The highest BCUT2D eigenvalue weighted by Gasteiger charge is 2.29. The van der Waals surface area contributed by atoms with E-state index in [1.807, 2.05) is 0 Å². The topological polar surface area (TPSA) is 90.1 Å². The van der Waals surface area contributed by atoms with Crippen molar-refractivity contribution in [3.63, 3.8) is 0 Å². The van der Waals surface area contributed by atoms with Crippen molar-refractivity contribution < 1.29 is 14.1 Å². The second kappa shape index (κ2) is 5.49. The van der Waals surface area contributed by atoms with E-state index < -0.39 is 16.6 Å². The third-order valence-corrected chi connectivity index (χ3v) is 3.06. The minimum absolute atomic E-state index is 0.129. The van der Waals surface area contributed by atoms with Crippen LogP contribution in [0.25, 0.3) is 0 Å². The van der Waals surface area contributed by atoms with Gasteiger partial charge in [-0.2, -0.15) is 5.10 Å². The molecule has 0 radical (unpaired) electrons. The van der Waals surface area contributed by atoms with Gasteiger partial charge in [-0.15, -0.1) is 0 Å². The van der Waals surface area contributed by atoms with Gasteiger partial charge >= 0.3 is 5.69 Å². The molecule has 9 heteroatoms. The number of nitro groups is 1. The van der Waals surface area contributed by atoms with Crippen LogP contribution in [0.5, 0.6) is 0 Å². The molecule has 0 atom stereocenters. The van der Waals surface area contributed by atoms with Gasteiger partial charge in [0.05, 0.1) is 9.95 Å². The monoisotopic (exact) mass is 312 g/mol. The number of benzene rings is 1. The molecule has 0 bridgehead atoms. The molecule has 2 rings (SSSR count). The number of nitrogens with one attached hydrogen (secondary N) is 1. The van der Waals surface area contributed by atoms with E-state index in [1.165, 1.54) is 26.1 Å². The molecular formula is C12H10ClFN4O3. The van der Waals surface area contributed by atoms with Crippen LogP contribution in [-0.4, -0.2) is 20.6 Å². The van der Waals surface area contributed by atoms with Crippen molar-refractivity contribution in [1.82, 2.24) is 9.78 Å². The average Bonchev–Trinajstić information content (AvgIpc) is 2.69. The van der Waals surface area contributed by atoms with Crippen LogP contribution in [0.15, 0.2) is 18.2 Å². The third kappa shape index (κ3) is 2.84. The molecule has 0 unspecified atom stereocenters. The number of nitrogens with zero attached hydrogens (tertiary/aromatic N) is 3. The molecule has 7 nitrogen and oxygen atoms in total. The number of carbonyl (C=O) groups excluding carboxylic acids is 1. The van der Waals surface area contributed by atoms with E-state index in [4.69, 9.17) is 11.6 Å². The van der Waals surface area contributed by atoms with Crippen molar-refractivity contribution >= 4 is 28.9 Å². The van der Waals surface area contributed by atoms with Crippen LogP contribution >= 0.6 is 11.6 Å². The van der Waals surface area contributed by atoms with Crippen molar-refractivity contribution in [3.8, 4) is 0 Å². The highest BCUT2D eigenvalue weighted by atomic mass is 35.5. The van der Waals surface area contributed by atoms with Crippen LogP contribution in [0.4, 0.5) is 15.8 Å². The van der Waals surface area contributed by atoms with E-state index in [0.717, 1.165) is 10.7 Å². The van der Waals surface area contributed by atoms with Crippen molar-refractivity contribution in [3.05, 3.63) is 50.5 Å². The molecule has 1 heterocycles. The van der Waals surface area contributed by atoms with Gasteiger partial charge in [0.15, 0.2) is 0 Å². The van der Waals surface area contributed by atoms with Gasteiger partial charge in [-0.1, -0.05) is 11.6 Å². The smallest absolute Gasteiger partial charge is 0.320 e. The minimum Gasteiger partial charge on any atom is -0.320 e. The molecular weight excluding hydrogens is 303 g/mol. The Morgan fingerprint density at radius 3 is 2.76 bits per heavy atom. The Balaban J connectivity index is 2.37. The standard InChI is InChI=1S/C12H10ClFN4O3/c1-6-10(18(20)21)11(17(2)16-6)12(19)15-7-3-4-9(14)8(13)5-7/h3-5H,1-2H3,(H,15,19). The Morgan fingerprint density at radius 2 is 2.19 bits per heavy atom. The van der Waals surface area contributed by atoms with E-state index in [1.54, 1.807) is 0 Å². The van der Waals surface area contributed by atoms with Gasteiger partial charge in [0.2, 0.25) is 5.69 Å². The molecule has 0 aliphatic heterocycles. The van der Waals surface area contributed by atoms with E-state index in [-0.39, 0.29) is 27.8 Å². The van der Waals surface area contributed by atoms with Gasteiger partial charge in [0.25, 0.3) is 5.91 Å². The summed E-state index contributed by atoms with van der Waals surface area (Å²) in [5, 5.41) is 17.1. The highest BCUT2D eigenvalue weighted by molar-refractivity contribution is 6.31. The summed E-state index contributed by atoms with van der Waals surface area (Å²) < 4.78 is 14.2. The summed E-state index contributed by atoms with van der Waals surface area (Å²) in [5.74, 6) is -1.36.